The number of nitrogen functional groups attached to an aromatic ring is 1. The van der Waals surface area contributed by atoms with Crippen LogP contribution in [0.25, 0.3) is 16.7 Å². The minimum atomic E-state index is 0.586. The first-order valence-corrected chi connectivity index (χ1v) is 7.12. The van der Waals surface area contributed by atoms with Crippen LogP contribution in [0.4, 0.5) is 5.82 Å². The Hall–Kier alpha value is -2.67. The molecule has 0 spiro atoms. The molecule has 0 saturated carbocycles. The average molecular weight is 298 g/mol. The molecule has 7 nitrogen and oxygen atoms in total. The van der Waals surface area contributed by atoms with Gasteiger partial charge in [-0.05, 0) is 18.6 Å². The normalized spacial score (nSPS) is 10.9. The smallest absolute Gasteiger partial charge is 0.168 e. The molecule has 1 aromatic carbocycles. The second kappa shape index (κ2) is 5.98. The molecule has 3 aromatic rings. The van der Waals surface area contributed by atoms with Crippen molar-refractivity contribution in [2.24, 2.45) is 5.84 Å². The lowest BCUT2D eigenvalue weighted by atomic mass is 10.2. The standard InChI is InChI=1S/C15H18N6O/c1-3-5-12-13-14(19-16)17-9-18-15(13)21(20-12)10-6-4-7-11(8-10)22-2/h4,6-9H,3,5,16H2,1-2H3,(H,17,18,19). The molecular weight excluding hydrogens is 280 g/mol. The maximum absolute atomic E-state index is 5.58. The molecule has 7 heteroatoms. The van der Waals surface area contributed by atoms with Crippen molar-refractivity contribution in [3.63, 3.8) is 0 Å². The number of nitrogens with zero attached hydrogens (tertiary/aromatic N) is 4. The lowest BCUT2D eigenvalue weighted by molar-refractivity contribution is 0.414. The second-order valence-electron chi connectivity index (χ2n) is 4.88. The van der Waals surface area contributed by atoms with E-state index < -0.39 is 0 Å². The van der Waals surface area contributed by atoms with Gasteiger partial charge in [-0.25, -0.2) is 20.5 Å². The number of methoxy groups -OCH3 is 1. The molecule has 114 valence electrons. The number of rotatable bonds is 5. The molecular formula is C15H18N6O. The lowest BCUT2D eigenvalue weighted by Gasteiger charge is -2.05. The molecule has 0 unspecified atom stereocenters. The number of fused-ring (bicyclic) bond motifs is 1. The van der Waals surface area contributed by atoms with E-state index in [4.69, 9.17) is 15.7 Å². The Bertz CT molecular complexity index is 798. The molecule has 0 amide bonds. The molecule has 0 fully saturated rings. The first-order chi connectivity index (χ1) is 10.8. The minimum absolute atomic E-state index is 0.586. The maximum atomic E-state index is 5.58. The fourth-order valence-corrected chi connectivity index (χ4v) is 2.46. The summed E-state index contributed by atoms with van der Waals surface area (Å²) in [6, 6.07) is 7.69. The predicted octanol–water partition coefficient (Wildman–Crippen LogP) is 2.06. The van der Waals surface area contributed by atoms with Gasteiger partial charge >= 0.3 is 0 Å². The maximum Gasteiger partial charge on any atom is 0.168 e. The van der Waals surface area contributed by atoms with Gasteiger partial charge in [0, 0.05) is 6.07 Å². The number of benzene rings is 1. The monoisotopic (exact) mass is 298 g/mol. The number of anilines is 1. The van der Waals surface area contributed by atoms with Crippen molar-refractivity contribution in [2.75, 3.05) is 12.5 Å². The SMILES string of the molecule is CCCc1nn(-c2cccc(OC)c2)c2ncnc(NN)c12. The highest BCUT2D eigenvalue weighted by atomic mass is 16.5. The number of ether oxygens (including phenoxy) is 1. The van der Waals surface area contributed by atoms with E-state index in [0.29, 0.717) is 5.82 Å². The van der Waals surface area contributed by atoms with E-state index in [1.807, 2.05) is 24.3 Å². The zero-order valence-electron chi connectivity index (χ0n) is 12.6. The number of aromatic nitrogens is 4. The first-order valence-electron chi connectivity index (χ1n) is 7.12. The van der Waals surface area contributed by atoms with E-state index in [0.717, 1.165) is 41.0 Å². The third kappa shape index (κ3) is 2.35. The van der Waals surface area contributed by atoms with Gasteiger partial charge in [0.05, 0.1) is 23.9 Å². The van der Waals surface area contributed by atoms with Crippen molar-refractivity contribution in [1.82, 2.24) is 19.7 Å². The van der Waals surface area contributed by atoms with Crippen molar-refractivity contribution in [2.45, 2.75) is 19.8 Å². The first kappa shape index (κ1) is 14.3. The van der Waals surface area contributed by atoms with Crippen molar-refractivity contribution in [3.05, 3.63) is 36.3 Å². The second-order valence-corrected chi connectivity index (χ2v) is 4.88. The number of hydrogen-bond donors (Lipinski definition) is 2. The number of nitrogens with one attached hydrogen (secondary N) is 1. The van der Waals surface area contributed by atoms with Crippen LogP contribution in [-0.2, 0) is 6.42 Å². The Morgan fingerprint density at radius 1 is 1.32 bits per heavy atom. The third-order valence-corrected chi connectivity index (χ3v) is 3.46. The molecule has 0 saturated heterocycles. The summed E-state index contributed by atoms with van der Waals surface area (Å²) in [5, 5.41) is 5.55. The molecule has 3 rings (SSSR count). The summed E-state index contributed by atoms with van der Waals surface area (Å²) in [6.45, 7) is 2.11. The number of aryl methyl sites for hydroxylation is 1. The number of hydrazine groups is 1. The zero-order valence-corrected chi connectivity index (χ0v) is 12.6. The van der Waals surface area contributed by atoms with Gasteiger partial charge < -0.3 is 10.2 Å². The van der Waals surface area contributed by atoms with Crippen molar-refractivity contribution in [1.29, 1.82) is 0 Å². The van der Waals surface area contributed by atoms with Crippen molar-refractivity contribution < 1.29 is 4.74 Å². The van der Waals surface area contributed by atoms with E-state index >= 15 is 0 Å². The Morgan fingerprint density at radius 3 is 2.91 bits per heavy atom. The van der Waals surface area contributed by atoms with E-state index in [-0.39, 0.29) is 0 Å². The highest BCUT2D eigenvalue weighted by molar-refractivity contribution is 5.90. The van der Waals surface area contributed by atoms with Gasteiger partial charge in [0.1, 0.15) is 12.1 Å². The van der Waals surface area contributed by atoms with Gasteiger partial charge in [-0.2, -0.15) is 5.10 Å². The summed E-state index contributed by atoms with van der Waals surface area (Å²) < 4.78 is 7.08. The molecule has 0 radical (unpaired) electrons. The summed E-state index contributed by atoms with van der Waals surface area (Å²) in [5.41, 5.74) is 5.16. The van der Waals surface area contributed by atoms with Crippen LogP contribution in [-0.4, -0.2) is 26.9 Å². The predicted molar refractivity (Wildman–Crippen MR) is 85.0 cm³/mol. The Morgan fingerprint density at radius 2 is 2.18 bits per heavy atom. The van der Waals surface area contributed by atoms with Crippen LogP contribution in [0.2, 0.25) is 0 Å². The summed E-state index contributed by atoms with van der Waals surface area (Å²) in [4.78, 5) is 8.56. The number of hydrogen-bond acceptors (Lipinski definition) is 6. The van der Waals surface area contributed by atoms with Gasteiger partial charge in [-0.3, -0.25) is 0 Å². The van der Waals surface area contributed by atoms with Gasteiger partial charge in [0.2, 0.25) is 0 Å². The molecule has 0 aliphatic rings. The third-order valence-electron chi connectivity index (χ3n) is 3.46. The van der Waals surface area contributed by atoms with Crippen molar-refractivity contribution >= 4 is 16.9 Å². The van der Waals surface area contributed by atoms with Crippen LogP contribution in [0.15, 0.2) is 30.6 Å². The van der Waals surface area contributed by atoms with E-state index in [9.17, 15) is 0 Å². The molecule has 0 bridgehead atoms. The highest BCUT2D eigenvalue weighted by Crippen LogP contribution is 2.27. The molecule has 0 aliphatic carbocycles. The number of nitrogens with two attached hydrogens (primary N) is 1. The van der Waals surface area contributed by atoms with E-state index in [2.05, 4.69) is 22.3 Å². The molecule has 2 heterocycles. The Kier molecular flexibility index (Phi) is 3.88. The average Bonchev–Trinajstić information content (AvgIpc) is 2.94. The van der Waals surface area contributed by atoms with Crippen LogP contribution in [0.1, 0.15) is 19.0 Å². The van der Waals surface area contributed by atoms with Crippen LogP contribution in [0.5, 0.6) is 5.75 Å². The summed E-state index contributed by atoms with van der Waals surface area (Å²) in [7, 11) is 1.64. The summed E-state index contributed by atoms with van der Waals surface area (Å²) in [6.07, 6.45) is 3.28. The van der Waals surface area contributed by atoms with Crippen LogP contribution in [0, 0.1) is 0 Å². The molecule has 0 atom stereocenters. The van der Waals surface area contributed by atoms with Crippen LogP contribution >= 0.6 is 0 Å². The van der Waals surface area contributed by atoms with Crippen LogP contribution < -0.4 is 16.0 Å². The highest BCUT2D eigenvalue weighted by Gasteiger charge is 2.17. The van der Waals surface area contributed by atoms with Gasteiger partial charge in [-0.15, -0.1) is 0 Å². The largest absolute Gasteiger partial charge is 0.497 e. The minimum Gasteiger partial charge on any atom is -0.497 e. The zero-order chi connectivity index (χ0) is 15.5. The van der Waals surface area contributed by atoms with Gasteiger partial charge in [0.15, 0.2) is 11.5 Å². The lowest BCUT2D eigenvalue weighted by Crippen LogP contribution is -2.09. The van der Waals surface area contributed by atoms with Gasteiger partial charge in [-0.1, -0.05) is 19.4 Å². The molecule has 22 heavy (non-hydrogen) atoms. The Balaban J connectivity index is 2.25. The molecule has 2 aromatic heterocycles. The summed E-state index contributed by atoms with van der Waals surface area (Å²) in [5.74, 6) is 6.93. The van der Waals surface area contributed by atoms with Crippen molar-refractivity contribution in [3.8, 4) is 11.4 Å². The fourth-order valence-electron chi connectivity index (χ4n) is 2.46. The molecule has 3 N–H and O–H groups in total. The van der Waals surface area contributed by atoms with E-state index in [1.165, 1.54) is 6.33 Å². The quantitative estimate of drug-likeness (QED) is 0.553. The van der Waals surface area contributed by atoms with Gasteiger partial charge in [0.25, 0.3) is 0 Å². The fraction of sp³-hybridized carbons (Fsp3) is 0.267. The molecule has 0 aliphatic heterocycles. The topological polar surface area (TPSA) is 90.9 Å². The Labute approximate surface area is 128 Å². The van der Waals surface area contributed by atoms with E-state index in [1.54, 1.807) is 11.8 Å². The van der Waals surface area contributed by atoms with Crippen LogP contribution in [0.3, 0.4) is 0 Å². The summed E-state index contributed by atoms with van der Waals surface area (Å²) >= 11 is 0.